The maximum absolute atomic E-state index is 13.4. The van der Waals surface area contributed by atoms with Crippen LogP contribution in [0, 0.1) is 0 Å². The van der Waals surface area contributed by atoms with E-state index in [0.29, 0.717) is 37.2 Å². The third-order valence-corrected chi connectivity index (χ3v) is 6.91. The van der Waals surface area contributed by atoms with Crippen LogP contribution < -0.4 is 5.32 Å². The minimum absolute atomic E-state index is 0.0606. The normalized spacial score (nSPS) is 14.6. The Morgan fingerprint density at radius 2 is 1.74 bits per heavy atom. The summed E-state index contributed by atoms with van der Waals surface area (Å²) in [5, 5.41) is 7.60. The molecule has 0 unspecified atom stereocenters. The molecule has 0 radical (unpaired) electrons. The highest BCUT2D eigenvalue weighted by atomic mass is 79.9. The van der Waals surface area contributed by atoms with Gasteiger partial charge in [-0.15, -0.1) is 0 Å². The summed E-state index contributed by atoms with van der Waals surface area (Å²) in [6.07, 6.45) is 2.75. The molecule has 9 heteroatoms. The highest BCUT2D eigenvalue weighted by Gasteiger charge is 2.32. The average Bonchev–Trinajstić information content (AvgIpc) is 3.26. The number of rotatable bonds is 4. The fourth-order valence-electron chi connectivity index (χ4n) is 4.14. The van der Waals surface area contributed by atoms with Crippen molar-refractivity contribution in [3.63, 3.8) is 0 Å². The Balaban J connectivity index is 1.61. The van der Waals surface area contributed by atoms with Crippen LogP contribution in [0.5, 0.6) is 0 Å². The van der Waals surface area contributed by atoms with E-state index in [1.54, 1.807) is 11.1 Å². The molecule has 2 amide bonds. The second-order valence-electron chi connectivity index (χ2n) is 9.51. The minimum Gasteiger partial charge on any atom is -0.444 e. The van der Waals surface area contributed by atoms with E-state index >= 15 is 0 Å². The summed E-state index contributed by atoms with van der Waals surface area (Å²) < 4.78 is 9.08. The van der Waals surface area contributed by atoms with Gasteiger partial charge in [0.15, 0.2) is 0 Å². The number of aromatic nitrogens is 2. The van der Waals surface area contributed by atoms with E-state index in [2.05, 4.69) is 42.3 Å². The van der Waals surface area contributed by atoms with Crippen molar-refractivity contribution in [2.75, 3.05) is 18.4 Å². The number of likely N-dealkylation sites (tertiary alicyclic amines) is 1. The standard InChI is InChI=1S/C26H28Br2N4O3/c1-26(2,3)35-25(34)31-13-11-17(12-14-31)23-20(16-29-32(23)19-7-5-4-6-8-19)24(33)30-22-10-9-18(27)15-21(22)28/h4-10,15-17H,11-14H2,1-3H3,(H,30,33). The monoisotopic (exact) mass is 602 g/mol. The van der Waals surface area contributed by atoms with Crippen LogP contribution in [0.1, 0.15) is 55.6 Å². The number of amides is 2. The summed E-state index contributed by atoms with van der Waals surface area (Å²) in [6.45, 7) is 6.71. The second-order valence-corrected chi connectivity index (χ2v) is 11.3. The van der Waals surface area contributed by atoms with Gasteiger partial charge in [0.1, 0.15) is 5.60 Å². The lowest BCUT2D eigenvalue weighted by atomic mass is 9.90. The molecule has 0 atom stereocenters. The second kappa shape index (κ2) is 10.5. The molecular weight excluding hydrogens is 576 g/mol. The summed E-state index contributed by atoms with van der Waals surface area (Å²) in [5.41, 5.74) is 2.41. The van der Waals surface area contributed by atoms with Gasteiger partial charge in [-0.25, -0.2) is 9.48 Å². The van der Waals surface area contributed by atoms with Crippen LogP contribution in [-0.2, 0) is 4.74 Å². The van der Waals surface area contributed by atoms with E-state index in [4.69, 9.17) is 4.74 Å². The number of nitrogens with zero attached hydrogens (tertiary/aromatic N) is 3. The molecule has 3 aromatic rings. The van der Waals surface area contributed by atoms with Gasteiger partial charge in [0.25, 0.3) is 5.91 Å². The van der Waals surface area contributed by atoms with E-state index in [9.17, 15) is 9.59 Å². The number of hydrogen-bond donors (Lipinski definition) is 1. The van der Waals surface area contributed by atoms with Crippen LogP contribution >= 0.6 is 31.9 Å². The fourth-order valence-corrected chi connectivity index (χ4v) is 5.29. The molecule has 1 N–H and O–H groups in total. The lowest BCUT2D eigenvalue weighted by Gasteiger charge is -2.34. The van der Waals surface area contributed by atoms with E-state index in [1.165, 1.54) is 0 Å². The first-order valence-corrected chi connectivity index (χ1v) is 13.1. The molecule has 184 valence electrons. The predicted octanol–water partition coefficient (Wildman–Crippen LogP) is 6.76. The quantitative estimate of drug-likeness (QED) is 0.357. The van der Waals surface area contributed by atoms with Gasteiger partial charge >= 0.3 is 6.09 Å². The molecule has 0 aliphatic carbocycles. The molecule has 7 nitrogen and oxygen atoms in total. The van der Waals surface area contributed by atoms with Gasteiger partial charge in [-0.1, -0.05) is 34.1 Å². The zero-order valence-electron chi connectivity index (χ0n) is 19.9. The first kappa shape index (κ1) is 25.4. The molecule has 1 aliphatic rings. The van der Waals surface area contributed by atoms with Gasteiger partial charge in [-0.2, -0.15) is 5.10 Å². The molecule has 1 aromatic heterocycles. The minimum atomic E-state index is -0.535. The number of carbonyl (C=O) groups is 2. The van der Waals surface area contributed by atoms with Crippen LogP contribution in [0.3, 0.4) is 0 Å². The fraction of sp³-hybridized carbons (Fsp3) is 0.346. The number of anilines is 1. The van der Waals surface area contributed by atoms with E-state index in [0.717, 1.165) is 20.3 Å². The zero-order valence-corrected chi connectivity index (χ0v) is 23.1. The Hall–Kier alpha value is -2.65. The summed E-state index contributed by atoms with van der Waals surface area (Å²) in [4.78, 5) is 27.7. The topological polar surface area (TPSA) is 76.5 Å². The van der Waals surface area contributed by atoms with Crippen molar-refractivity contribution in [3.05, 3.63) is 74.9 Å². The molecule has 1 fully saturated rings. The average molecular weight is 604 g/mol. The van der Waals surface area contributed by atoms with Crippen LogP contribution in [0.25, 0.3) is 5.69 Å². The van der Waals surface area contributed by atoms with Gasteiger partial charge in [-0.3, -0.25) is 4.79 Å². The number of para-hydroxylation sites is 1. The highest BCUT2D eigenvalue weighted by Crippen LogP contribution is 2.34. The molecule has 0 spiro atoms. The van der Waals surface area contributed by atoms with Crippen molar-refractivity contribution in [1.82, 2.24) is 14.7 Å². The van der Waals surface area contributed by atoms with Crippen molar-refractivity contribution in [3.8, 4) is 5.69 Å². The Bertz CT molecular complexity index is 1210. The van der Waals surface area contributed by atoms with Crippen LogP contribution in [0.15, 0.2) is 63.7 Å². The number of nitrogens with one attached hydrogen (secondary N) is 1. The molecule has 4 rings (SSSR count). The predicted molar refractivity (Wildman–Crippen MR) is 143 cm³/mol. The third-order valence-electron chi connectivity index (χ3n) is 5.76. The van der Waals surface area contributed by atoms with Crippen molar-refractivity contribution < 1.29 is 14.3 Å². The molecule has 1 saturated heterocycles. The first-order chi connectivity index (χ1) is 16.6. The van der Waals surface area contributed by atoms with Gasteiger partial charge in [0, 0.05) is 28.0 Å². The molecule has 0 saturated carbocycles. The summed E-state index contributed by atoms with van der Waals surface area (Å²) >= 11 is 6.95. The SMILES string of the molecule is CC(C)(C)OC(=O)N1CCC(c2c(C(=O)Nc3ccc(Br)cc3Br)cnn2-c2ccccc2)CC1. The Labute approximate surface area is 222 Å². The number of ether oxygens (including phenoxy) is 1. The van der Waals surface area contributed by atoms with Gasteiger partial charge in [0.2, 0.25) is 0 Å². The number of benzene rings is 2. The van der Waals surface area contributed by atoms with E-state index in [-0.39, 0.29) is 17.9 Å². The van der Waals surface area contributed by atoms with Crippen molar-refractivity contribution in [2.45, 2.75) is 45.1 Å². The molecule has 2 heterocycles. The summed E-state index contributed by atoms with van der Waals surface area (Å²) in [7, 11) is 0. The summed E-state index contributed by atoms with van der Waals surface area (Å²) in [6, 6.07) is 15.4. The zero-order chi connectivity index (χ0) is 25.2. The van der Waals surface area contributed by atoms with Gasteiger partial charge in [0.05, 0.1) is 28.8 Å². The Morgan fingerprint density at radius 3 is 2.37 bits per heavy atom. The largest absolute Gasteiger partial charge is 0.444 e. The van der Waals surface area contributed by atoms with Crippen molar-refractivity contribution in [2.24, 2.45) is 0 Å². The van der Waals surface area contributed by atoms with Crippen molar-refractivity contribution >= 4 is 49.5 Å². The highest BCUT2D eigenvalue weighted by molar-refractivity contribution is 9.11. The lowest BCUT2D eigenvalue weighted by Crippen LogP contribution is -2.41. The molecule has 35 heavy (non-hydrogen) atoms. The van der Waals surface area contributed by atoms with Crippen LogP contribution in [0.2, 0.25) is 0 Å². The maximum Gasteiger partial charge on any atom is 0.410 e. The number of piperidine rings is 1. The molecular formula is C26H28Br2N4O3. The van der Waals surface area contributed by atoms with Crippen molar-refractivity contribution in [1.29, 1.82) is 0 Å². The maximum atomic E-state index is 13.4. The van der Waals surface area contributed by atoms with Gasteiger partial charge in [-0.05, 0) is 79.9 Å². The van der Waals surface area contributed by atoms with Crippen LogP contribution in [-0.4, -0.2) is 45.4 Å². The number of halogens is 2. The Morgan fingerprint density at radius 1 is 1.06 bits per heavy atom. The number of carbonyl (C=O) groups excluding carboxylic acids is 2. The first-order valence-electron chi connectivity index (χ1n) is 11.5. The van der Waals surface area contributed by atoms with Crippen LogP contribution in [0.4, 0.5) is 10.5 Å². The molecule has 0 bridgehead atoms. The molecule has 1 aliphatic heterocycles. The summed E-state index contributed by atoms with van der Waals surface area (Å²) in [5.74, 6) is -0.162. The Kier molecular flexibility index (Phi) is 7.66. The van der Waals surface area contributed by atoms with E-state index < -0.39 is 5.60 Å². The number of hydrogen-bond acceptors (Lipinski definition) is 4. The third kappa shape index (κ3) is 6.13. The lowest BCUT2D eigenvalue weighted by molar-refractivity contribution is 0.0203. The van der Waals surface area contributed by atoms with E-state index in [1.807, 2.05) is 74.0 Å². The van der Waals surface area contributed by atoms with Gasteiger partial charge < -0.3 is 15.0 Å². The smallest absolute Gasteiger partial charge is 0.410 e. The molecule has 2 aromatic carbocycles.